The number of amides is 1. The minimum absolute atomic E-state index is 0.248. The molecule has 5 rings (SSSR count). The summed E-state index contributed by atoms with van der Waals surface area (Å²) in [5.74, 6) is -0.935. The first-order valence-corrected chi connectivity index (χ1v) is 9.88. The number of carbonyl (C=O) groups excluding carboxylic acids is 1. The van der Waals surface area contributed by atoms with Crippen LogP contribution in [0, 0.1) is 0 Å². The number of benzene rings is 2. The van der Waals surface area contributed by atoms with E-state index in [4.69, 9.17) is 0 Å². The summed E-state index contributed by atoms with van der Waals surface area (Å²) in [4.78, 5) is 30.0. The Labute approximate surface area is 165 Å². The molecular weight excluding hydrogens is 430 g/mol. The van der Waals surface area contributed by atoms with Crippen molar-refractivity contribution in [2.75, 3.05) is 5.32 Å². The Kier molecular flexibility index (Phi) is 3.60. The van der Waals surface area contributed by atoms with Crippen LogP contribution in [0.1, 0.15) is 15.9 Å². The number of nitrogens with zero attached hydrogens (tertiary/aromatic N) is 2. The Balaban J connectivity index is 1.61. The second kappa shape index (κ2) is 5.90. The average Bonchev–Trinajstić information content (AvgIpc) is 3.23. The van der Waals surface area contributed by atoms with Gasteiger partial charge < -0.3 is 9.67 Å². The number of para-hydroxylation sites is 1. The number of anilines is 1. The lowest BCUT2D eigenvalue weighted by molar-refractivity contribution is 0.102. The van der Waals surface area contributed by atoms with Crippen LogP contribution in [0.2, 0.25) is 0 Å². The molecule has 0 saturated heterocycles. The maximum Gasteiger partial charge on any atom is 0.267 e. The quantitative estimate of drug-likeness (QED) is 0.494. The van der Waals surface area contributed by atoms with Gasteiger partial charge in [-0.15, -0.1) is 0 Å². The summed E-state index contributed by atoms with van der Waals surface area (Å²) in [6.07, 6.45) is 0.712. The number of hydrogen-bond acceptors (Lipinski definition) is 5. The van der Waals surface area contributed by atoms with Gasteiger partial charge in [0, 0.05) is 16.4 Å². The third kappa shape index (κ3) is 2.48. The summed E-state index contributed by atoms with van der Waals surface area (Å²) < 4.78 is 3.39. The lowest BCUT2D eigenvalue weighted by Crippen LogP contribution is -2.28. The van der Waals surface area contributed by atoms with Gasteiger partial charge in [0.25, 0.3) is 11.5 Å². The number of thiazole rings is 1. The van der Waals surface area contributed by atoms with Crippen LogP contribution in [-0.4, -0.2) is 20.6 Å². The average molecular weight is 442 g/mol. The van der Waals surface area contributed by atoms with Crippen LogP contribution < -0.4 is 10.9 Å². The Hall–Kier alpha value is -2.71. The first-order chi connectivity index (χ1) is 13.0. The number of fused-ring (bicyclic) bond motifs is 1. The van der Waals surface area contributed by atoms with E-state index in [9.17, 15) is 14.7 Å². The molecule has 4 aromatic rings. The second-order valence-electron chi connectivity index (χ2n) is 6.33. The summed E-state index contributed by atoms with van der Waals surface area (Å²) in [5.41, 5.74) is 1.74. The molecule has 6 nitrogen and oxygen atoms in total. The molecule has 2 N–H and O–H groups in total. The number of aromatic hydroxyl groups is 1. The predicted molar refractivity (Wildman–Crippen MR) is 109 cm³/mol. The van der Waals surface area contributed by atoms with Crippen LogP contribution in [0.15, 0.2) is 45.7 Å². The number of carbonyl (C=O) groups is 1. The summed E-state index contributed by atoms with van der Waals surface area (Å²) in [7, 11) is 0. The summed E-state index contributed by atoms with van der Waals surface area (Å²) >= 11 is 4.71. The van der Waals surface area contributed by atoms with Crippen molar-refractivity contribution < 1.29 is 9.90 Å². The lowest BCUT2D eigenvalue weighted by Gasteiger charge is -2.10. The van der Waals surface area contributed by atoms with Gasteiger partial charge in [-0.2, -0.15) is 0 Å². The van der Waals surface area contributed by atoms with Gasteiger partial charge in [-0.1, -0.05) is 39.4 Å². The molecule has 0 saturated carbocycles. The van der Waals surface area contributed by atoms with Crippen LogP contribution >= 0.6 is 27.3 Å². The van der Waals surface area contributed by atoms with Gasteiger partial charge in [0.1, 0.15) is 11.3 Å². The van der Waals surface area contributed by atoms with E-state index in [-0.39, 0.29) is 11.3 Å². The largest absolute Gasteiger partial charge is 0.506 e. The Bertz CT molecular complexity index is 1330. The summed E-state index contributed by atoms with van der Waals surface area (Å²) in [6.45, 7) is 0.504. The first-order valence-electron chi connectivity index (χ1n) is 8.28. The number of nitrogens with one attached hydrogen (secondary N) is 1. The zero-order chi connectivity index (χ0) is 18.7. The zero-order valence-electron chi connectivity index (χ0n) is 13.8. The van der Waals surface area contributed by atoms with Crippen molar-refractivity contribution >= 4 is 59.4 Å². The number of halogens is 1. The van der Waals surface area contributed by atoms with Crippen LogP contribution in [-0.2, 0) is 13.0 Å². The number of pyridine rings is 1. The van der Waals surface area contributed by atoms with E-state index in [0.717, 1.165) is 20.3 Å². The predicted octanol–water partition coefficient (Wildman–Crippen LogP) is 3.89. The van der Waals surface area contributed by atoms with Crippen LogP contribution in [0.5, 0.6) is 5.75 Å². The van der Waals surface area contributed by atoms with Crippen molar-refractivity contribution in [3.8, 4) is 5.75 Å². The van der Waals surface area contributed by atoms with Gasteiger partial charge in [-0.3, -0.25) is 14.9 Å². The molecule has 0 fully saturated rings. The molecule has 2 aromatic heterocycles. The SMILES string of the molecule is O=C(Nc1nc2ccc(Br)cc2s1)c1c(O)c2cccc3c2n(c1=O)CC3. The maximum absolute atomic E-state index is 12.8. The monoisotopic (exact) mass is 441 g/mol. The van der Waals surface area contributed by atoms with Crippen molar-refractivity contribution in [1.82, 2.24) is 9.55 Å². The second-order valence-corrected chi connectivity index (χ2v) is 8.28. The Morgan fingerprint density at radius 3 is 3.00 bits per heavy atom. The third-order valence-electron chi connectivity index (χ3n) is 4.74. The molecule has 0 spiro atoms. The van der Waals surface area contributed by atoms with Gasteiger partial charge >= 0.3 is 0 Å². The van der Waals surface area contributed by atoms with E-state index in [2.05, 4.69) is 26.2 Å². The molecule has 0 bridgehead atoms. The minimum Gasteiger partial charge on any atom is -0.506 e. The van der Waals surface area contributed by atoms with Gasteiger partial charge in [0.2, 0.25) is 0 Å². The highest BCUT2D eigenvalue weighted by molar-refractivity contribution is 9.10. The smallest absolute Gasteiger partial charge is 0.267 e. The Morgan fingerprint density at radius 1 is 1.30 bits per heavy atom. The fourth-order valence-electron chi connectivity index (χ4n) is 3.54. The number of rotatable bonds is 2. The maximum atomic E-state index is 12.8. The molecule has 1 amide bonds. The fourth-order valence-corrected chi connectivity index (χ4v) is 4.95. The first kappa shape index (κ1) is 16.5. The van der Waals surface area contributed by atoms with E-state index >= 15 is 0 Å². The molecule has 0 unspecified atom stereocenters. The molecular formula is C19H12BrN3O3S. The molecule has 0 aliphatic carbocycles. The van der Waals surface area contributed by atoms with Gasteiger partial charge in [-0.25, -0.2) is 4.98 Å². The lowest BCUT2D eigenvalue weighted by atomic mass is 10.1. The Morgan fingerprint density at radius 2 is 2.15 bits per heavy atom. The van der Waals surface area contributed by atoms with Crippen molar-refractivity contribution in [2.24, 2.45) is 0 Å². The number of aryl methyl sites for hydroxylation is 2. The molecule has 1 aliphatic heterocycles. The van der Waals surface area contributed by atoms with Crippen molar-refractivity contribution in [3.05, 3.63) is 62.4 Å². The molecule has 0 radical (unpaired) electrons. The standard InChI is InChI=1S/C19H12BrN3O3S/c20-10-4-5-12-13(8-10)27-19(21-12)22-17(25)14-16(24)11-3-1-2-9-6-7-23(15(9)11)18(14)26/h1-5,8,24H,6-7H2,(H,21,22,25). The van der Waals surface area contributed by atoms with E-state index in [0.29, 0.717) is 29.0 Å². The molecule has 8 heteroatoms. The third-order valence-corrected chi connectivity index (χ3v) is 6.17. The van der Waals surface area contributed by atoms with Crippen LogP contribution in [0.3, 0.4) is 0 Å². The topological polar surface area (TPSA) is 84.2 Å². The van der Waals surface area contributed by atoms with Crippen molar-refractivity contribution in [1.29, 1.82) is 0 Å². The molecule has 134 valence electrons. The highest BCUT2D eigenvalue weighted by Crippen LogP contribution is 2.33. The summed E-state index contributed by atoms with van der Waals surface area (Å²) in [5, 5.41) is 14.2. The number of aromatic nitrogens is 2. The van der Waals surface area contributed by atoms with E-state index in [1.165, 1.54) is 11.3 Å². The molecule has 1 aliphatic rings. The van der Waals surface area contributed by atoms with Gasteiger partial charge in [0.05, 0.1) is 15.7 Å². The highest BCUT2D eigenvalue weighted by Gasteiger charge is 2.26. The summed E-state index contributed by atoms with van der Waals surface area (Å²) in [6, 6.07) is 11.1. The fraction of sp³-hybridized carbons (Fsp3) is 0.105. The van der Waals surface area contributed by atoms with Crippen LogP contribution in [0.4, 0.5) is 5.13 Å². The highest BCUT2D eigenvalue weighted by atomic mass is 79.9. The zero-order valence-corrected chi connectivity index (χ0v) is 16.2. The normalized spacial score (nSPS) is 12.8. The molecule has 2 aromatic carbocycles. The van der Waals surface area contributed by atoms with E-state index < -0.39 is 11.5 Å². The van der Waals surface area contributed by atoms with Crippen LogP contribution in [0.25, 0.3) is 21.1 Å². The number of hydrogen-bond donors (Lipinski definition) is 2. The van der Waals surface area contributed by atoms with Crippen molar-refractivity contribution in [3.63, 3.8) is 0 Å². The van der Waals surface area contributed by atoms with Crippen molar-refractivity contribution in [2.45, 2.75) is 13.0 Å². The van der Waals surface area contributed by atoms with Gasteiger partial charge in [-0.05, 0) is 36.2 Å². The minimum atomic E-state index is -0.654. The molecule has 3 heterocycles. The molecule has 0 atom stereocenters. The molecule has 27 heavy (non-hydrogen) atoms. The van der Waals surface area contributed by atoms with E-state index in [1.807, 2.05) is 30.3 Å². The van der Waals surface area contributed by atoms with E-state index in [1.54, 1.807) is 10.6 Å². The van der Waals surface area contributed by atoms with Gasteiger partial charge in [0.15, 0.2) is 5.13 Å².